The summed E-state index contributed by atoms with van der Waals surface area (Å²) in [4.78, 5) is 9.72. The number of hydrogen-bond acceptors (Lipinski definition) is 7. The molecule has 18 heavy (non-hydrogen) atoms. The Morgan fingerprint density at radius 1 is 1.67 bits per heavy atom. The molecular weight excluding hydrogens is 239 g/mol. The van der Waals surface area contributed by atoms with E-state index < -0.39 is 5.82 Å². The predicted octanol–water partition coefficient (Wildman–Crippen LogP) is -0.356. The Morgan fingerprint density at radius 3 is 3.22 bits per heavy atom. The van der Waals surface area contributed by atoms with Crippen LogP contribution in [-0.4, -0.2) is 54.3 Å². The zero-order valence-electron chi connectivity index (χ0n) is 10.2. The topological polar surface area (TPSA) is 88.3 Å². The molecule has 1 aliphatic heterocycles. The maximum Gasteiger partial charge on any atom is 0.239 e. The standard InChI is InChI=1S/C10H17FN6O/c1-17-2-3-18-7(6-17)4-13-9-8(11)5-14-10(15-9)16-12/h5,7H,2-4,6,12H2,1H3,(H2,13,14,15,16). The fourth-order valence-corrected chi connectivity index (χ4v) is 1.76. The van der Waals surface area contributed by atoms with Crippen LogP contribution in [0.3, 0.4) is 0 Å². The first kappa shape index (κ1) is 12.9. The quantitative estimate of drug-likeness (QED) is 0.501. The minimum atomic E-state index is -0.516. The number of anilines is 2. The van der Waals surface area contributed by atoms with Crippen LogP contribution >= 0.6 is 0 Å². The number of nitrogen functional groups attached to an aromatic ring is 1. The first-order chi connectivity index (χ1) is 8.69. The zero-order chi connectivity index (χ0) is 13.0. The lowest BCUT2D eigenvalue weighted by atomic mass is 10.3. The van der Waals surface area contributed by atoms with E-state index in [1.165, 1.54) is 0 Å². The van der Waals surface area contributed by atoms with Gasteiger partial charge in [0.1, 0.15) is 0 Å². The molecule has 1 aromatic heterocycles. The highest BCUT2D eigenvalue weighted by Crippen LogP contribution is 2.12. The highest BCUT2D eigenvalue weighted by Gasteiger charge is 2.18. The molecule has 8 heteroatoms. The molecule has 0 spiro atoms. The van der Waals surface area contributed by atoms with Crippen LogP contribution in [0.5, 0.6) is 0 Å². The second kappa shape index (κ2) is 5.89. The minimum Gasteiger partial charge on any atom is -0.374 e. The number of likely N-dealkylation sites (N-methyl/N-ethyl adjacent to an activating group) is 1. The van der Waals surface area contributed by atoms with E-state index in [9.17, 15) is 4.39 Å². The number of ether oxygens (including phenoxy) is 1. The monoisotopic (exact) mass is 256 g/mol. The summed E-state index contributed by atoms with van der Waals surface area (Å²) in [7, 11) is 2.03. The van der Waals surface area contributed by atoms with Gasteiger partial charge in [-0.25, -0.2) is 15.2 Å². The van der Waals surface area contributed by atoms with Gasteiger partial charge in [-0.3, -0.25) is 5.43 Å². The zero-order valence-corrected chi connectivity index (χ0v) is 10.2. The van der Waals surface area contributed by atoms with Crippen molar-refractivity contribution in [3.05, 3.63) is 12.0 Å². The summed E-state index contributed by atoms with van der Waals surface area (Å²) in [6.45, 7) is 2.90. The first-order valence-electron chi connectivity index (χ1n) is 5.72. The summed E-state index contributed by atoms with van der Waals surface area (Å²) < 4.78 is 19.0. The third-order valence-corrected chi connectivity index (χ3v) is 2.71. The van der Waals surface area contributed by atoms with Crippen LogP contribution in [0, 0.1) is 5.82 Å². The van der Waals surface area contributed by atoms with Crippen molar-refractivity contribution < 1.29 is 9.13 Å². The highest BCUT2D eigenvalue weighted by atomic mass is 19.1. The fourth-order valence-electron chi connectivity index (χ4n) is 1.76. The molecule has 0 amide bonds. The summed E-state index contributed by atoms with van der Waals surface area (Å²) in [5.41, 5.74) is 2.27. The smallest absolute Gasteiger partial charge is 0.239 e. The molecule has 0 aliphatic carbocycles. The van der Waals surface area contributed by atoms with Crippen LogP contribution in [0.15, 0.2) is 6.20 Å². The number of morpholine rings is 1. The summed E-state index contributed by atoms with van der Waals surface area (Å²) in [5.74, 6) is 4.94. The molecule has 1 fully saturated rings. The predicted molar refractivity (Wildman–Crippen MR) is 65.5 cm³/mol. The summed E-state index contributed by atoms with van der Waals surface area (Å²) in [5, 5.41) is 2.90. The lowest BCUT2D eigenvalue weighted by Gasteiger charge is -2.30. The summed E-state index contributed by atoms with van der Waals surface area (Å²) >= 11 is 0. The lowest BCUT2D eigenvalue weighted by molar-refractivity contribution is -0.0117. The van der Waals surface area contributed by atoms with Gasteiger partial charge in [0, 0.05) is 19.6 Å². The Kier molecular flexibility index (Phi) is 4.24. The number of halogens is 1. The van der Waals surface area contributed by atoms with Crippen LogP contribution in [0.4, 0.5) is 16.2 Å². The van der Waals surface area contributed by atoms with Crippen molar-refractivity contribution in [2.75, 3.05) is 44.0 Å². The Bertz CT molecular complexity index is 404. The van der Waals surface area contributed by atoms with E-state index in [1.54, 1.807) is 0 Å². The van der Waals surface area contributed by atoms with Crippen molar-refractivity contribution in [2.24, 2.45) is 5.84 Å². The van der Waals surface area contributed by atoms with Crippen molar-refractivity contribution in [3.8, 4) is 0 Å². The second-order valence-corrected chi connectivity index (χ2v) is 4.17. The average Bonchev–Trinajstić information content (AvgIpc) is 2.38. The Hall–Kier alpha value is -1.51. The van der Waals surface area contributed by atoms with Gasteiger partial charge in [-0.15, -0.1) is 0 Å². The number of nitrogens with two attached hydrogens (primary N) is 1. The van der Waals surface area contributed by atoms with E-state index >= 15 is 0 Å². The van der Waals surface area contributed by atoms with Crippen molar-refractivity contribution >= 4 is 11.8 Å². The molecule has 7 nitrogen and oxygen atoms in total. The fraction of sp³-hybridized carbons (Fsp3) is 0.600. The van der Waals surface area contributed by atoms with E-state index in [0.29, 0.717) is 13.2 Å². The normalized spacial score (nSPS) is 20.7. The van der Waals surface area contributed by atoms with E-state index in [4.69, 9.17) is 10.6 Å². The first-order valence-corrected chi connectivity index (χ1v) is 5.72. The molecule has 0 bridgehead atoms. The van der Waals surface area contributed by atoms with Gasteiger partial charge in [0.05, 0.1) is 18.9 Å². The number of hydrogen-bond donors (Lipinski definition) is 3. The van der Waals surface area contributed by atoms with Crippen LogP contribution in [-0.2, 0) is 4.74 Å². The van der Waals surface area contributed by atoms with Crippen LogP contribution in [0.2, 0.25) is 0 Å². The maximum atomic E-state index is 13.4. The molecule has 1 aliphatic rings. The maximum absolute atomic E-state index is 13.4. The molecular formula is C10H17FN6O. The summed E-state index contributed by atoms with van der Waals surface area (Å²) in [6, 6.07) is 0. The number of hydrazine groups is 1. The molecule has 1 aromatic rings. The molecule has 1 saturated heterocycles. The van der Waals surface area contributed by atoms with Crippen molar-refractivity contribution in [2.45, 2.75) is 6.10 Å². The van der Waals surface area contributed by atoms with Gasteiger partial charge >= 0.3 is 0 Å². The van der Waals surface area contributed by atoms with E-state index in [2.05, 4.69) is 25.6 Å². The third-order valence-electron chi connectivity index (χ3n) is 2.71. The van der Waals surface area contributed by atoms with Crippen molar-refractivity contribution in [3.63, 3.8) is 0 Å². The molecule has 1 atom stereocenters. The van der Waals surface area contributed by atoms with Crippen LogP contribution in [0.1, 0.15) is 0 Å². The van der Waals surface area contributed by atoms with Gasteiger partial charge in [0.2, 0.25) is 5.95 Å². The molecule has 2 rings (SSSR count). The Labute approximate surface area is 105 Å². The van der Waals surface area contributed by atoms with E-state index in [-0.39, 0.29) is 17.9 Å². The second-order valence-electron chi connectivity index (χ2n) is 4.17. The highest BCUT2D eigenvalue weighted by molar-refractivity contribution is 5.40. The molecule has 0 saturated carbocycles. The molecule has 100 valence electrons. The van der Waals surface area contributed by atoms with Gasteiger partial charge < -0.3 is 15.0 Å². The number of nitrogens with zero attached hydrogens (tertiary/aromatic N) is 3. The molecule has 0 radical (unpaired) electrons. The van der Waals surface area contributed by atoms with Gasteiger partial charge in [-0.1, -0.05) is 0 Å². The Balaban J connectivity index is 1.92. The van der Waals surface area contributed by atoms with Gasteiger partial charge in [-0.2, -0.15) is 4.98 Å². The van der Waals surface area contributed by atoms with Crippen LogP contribution in [0.25, 0.3) is 0 Å². The number of rotatable bonds is 4. The summed E-state index contributed by atoms with van der Waals surface area (Å²) in [6.07, 6.45) is 1.09. The van der Waals surface area contributed by atoms with Crippen LogP contribution < -0.4 is 16.6 Å². The molecule has 1 unspecified atom stereocenters. The largest absolute Gasteiger partial charge is 0.374 e. The van der Waals surface area contributed by atoms with Gasteiger partial charge in [0.25, 0.3) is 0 Å². The van der Waals surface area contributed by atoms with Gasteiger partial charge in [-0.05, 0) is 7.05 Å². The van der Waals surface area contributed by atoms with Crippen molar-refractivity contribution in [1.29, 1.82) is 0 Å². The van der Waals surface area contributed by atoms with E-state index in [1.807, 2.05) is 7.05 Å². The van der Waals surface area contributed by atoms with Gasteiger partial charge in [0.15, 0.2) is 11.6 Å². The minimum absolute atomic E-state index is 0.0207. The molecule has 2 heterocycles. The molecule has 0 aromatic carbocycles. The number of aromatic nitrogens is 2. The third kappa shape index (κ3) is 3.25. The van der Waals surface area contributed by atoms with Crippen molar-refractivity contribution in [1.82, 2.24) is 14.9 Å². The van der Waals surface area contributed by atoms with E-state index in [0.717, 1.165) is 19.3 Å². The molecule has 4 N–H and O–H groups in total. The number of nitrogens with one attached hydrogen (secondary N) is 2. The lowest BCUT2D eigenvalue weighted by Crippen LogP contribution is -2.43. The Morgan fingerprint density at radius 2 is 2.50 bits per heavy atom. The average molecular weight is 256 g/mol. The SMILES string of the molecule is CN1CCOC(CNc2nc(NN)ncc2F)C1.